The predicted octanol–water partition coefficient (Wildman–Crippen LogP) is -0.404. The number of thiol groups is 2. The van der Waals surface area contributed by atoms with Crippen molar-refractivity contribution >= 4 is 36.3 Å². The molecule has 0 bridgehead atoms. The summed E-state index contributed by atoms with van der Waals surface area (Å²) < 4.78 is 0. The van der Waals surface area contributed by atoms with Crippen LogP contribution in [0.25, 0.3) is 0 Å². The minimum absolute atomic E-state index is 0.173. The highest BCUT2D eigenvalue weighted by Gasteiger charge is 2.09. The van der Waals surface area contributed by atoms with Gasteiger partial charge in [-0.05, 0) is 6.42 Å². The molecule has 0 saturated carbocycles. The van der Waals surface area contributed by atoms with Crippen molar-refractivity contribution in [1.29, 1.82) is 0 Å². The SMILES string of the molecule is N[C@@H](CS)C(=O)NCCCC(=O)S. The average molecular weight is 222 g/mol. The van der Waals surface area contributed by atoms with E-state index in [4.69, 9.17) is 5.73 Å². The molecule has 0 saturated heterocycles. The molecule has 0 heterocycles. The van der Waals surface area contributed by atoms with Gasteiger partial charge in [0.2, 0.25) is 5.91 Å². The van der Waals surface area contributed by atoms with Crippen LogP contribution in [-0.4, -0.2) is 29.4 Å². The van der Waals surface area contributed by atoms with E-state index in [-0.39, 0.29) is 11.0 Å². The van der Waals surface area contributed by atoms with Gasteiger partial charge in [-0.15, -0.1) is 12.6 Å². The quantitative estimate of drug-likeness (QED) is 0.365. The summed E-state index contributed by atoms with van der Waals surface area (Å²) in [5.41, 5.74) is 5.39. The van der Waals surface area contributed by atoms with Crippen molar-refractivity contribution in [2.24, 2.45) is 5.73 Å². The lowest BCUT2D eigenvalue weighted by Crippen LogP contribution is -2.42. The first kappa shape index (κ1) is 12.8. The van der Waals surface area contributed by atoms with E-state index >= 15 is 0 Å². The Bertz CT molecular complexity index is 187. The van der Waals surface area contributed by atoms with E-state index in [9.17, 15) is 9.59 Å². The first-order valence-electron chi connectivity index (χ1n) is 3.94. The van der Waals surface area contributed by atoms with Crippen LogP contribution in [0.4, 0.5) is 0 Å². The fourth-order valence-electron chi connectivity index (χ4n) is 0.665. The fraction of sp³-hybridized carbons (Fsp3) is 0.714. The summed E-state index contributed by atoms with van der Waals surface area (Å²) in [6.45, 7) is 0.451. The molecule has 0 aromatic carbocycles. The Morgan fingerprint density at radius 2 is 2.08 bits per heavy atom. The third-order valence-corrected chi connectivity index (χ3v) is 2.02. The van der Waals surface area contributed by atoms with Gasteiger partial charge < -0.3 is 11.1 Å². The summed E-state index contributed by atoms with van der Waals surface area (Å²) in [7, 11) is 0. The van der Waals surface area contributed by atoms with Crippen LogP contribution in [0.15, 0.2) is 0 Å². The van der Waals surface area contributed by atoms with Crippen LogP contribution >= 0.6 is 25.3 Å². The Kier molecular flexibility index (Phi) is 7.12. The maximum Gasteiger partial charge on any atom is 0.237 e. The third kappa shape index (κ3) is 6.92. The zero-order valence-electron chi connectivity index (χ0n) is 7.19. The predicted molar refractivity (Wildman–Crippen MR) is 58.1 cm³/mol. The van der Waals surface area contributed by atoms with Gasteiger partial charge in [0.1, 0.15) is 0 Å². The summed E-state index contributed by atoms with van der Waals surface area (Å²) in [4.78, 5) is 21.4. The highest BCUT2D eigenvalue weighted by Crippen LogP contribution is 1.92. The monoisotopic (exact) mass is 222 g/mol. The van der Waals surface area contributed by atoms with Gasteiger partial charge in [-0.2, -0.15) is 12.6 Å². The average Bonchev–Trinajstić information content (AvgIpc) is 2.10. The van der Waals surface area contributed by atoms with Gasteiger partial charge in [0, 0.05) is 18.7 Å². The maximum atomic E-state index is 11.0. The molecule has 0 spiro atoms. The van der Waals surface area contributed by atoms with Crippen molar-refractivity contribution in [2.75, 3.05) is 12.3 Å². The highest BCUT2D eigenvalue weighted by molar-refractivity contribution is 7.96. The third-order valence-electron chi connectivity index (χ3n) is 1.40. The molecule has 0 unspecified atom stereocenters. The summed E-state index contributed by atoms with van der Waals surface area (Å²) in [6.07, 6.45) is 0.951. The molecule has 0 aliphatic carbocycles. The van der Waals surface area contributed by atoms with Crippen LogP contribution in [-0.2, 0) is 9.59 Å². The fourth-order valence-corrected chi connectivity index (χ4v) is 0.989. The van der Waals surface area contributed by atoms with Gasteiger partial charge in [0.15, 0.2) is 5.12 Å². The molecule has 0 aliphatic rings. The van der Waals surface area contributed by atoms with Gasteiger partial charge >= 0.3 is 0 Å². The smallest absolute Gasteiger partial charge is 0.237 e. The van der Waals surface area contributed by atoms with E-state index in [1.165, 1.54) is 0 Å². The Hall–Kier alpha value is -0.200. The zero-order chi connectivity index (χ0) is 10.3. The lowest BCUT2D eigenvalue weighted by Gasteiger charge is -2.08. The molecule has 1 amide bonds. The number of carbonyl (C=O) groups is 2. The number of nitrogens with two attached hydrogens (primary N) is 1. The largest absolute Gasteiger partial charge is 0.355 e. The summed E-state index contributed by atoms with van der Waals surface area (Å²) in [5.74, 6) is 0.0822. The summed E-state index contributed by atoms with van der Waals surface area (Å²) in [5, 5.41) is 2.42. The maximum absolute atomic E-state index is 11.0. The van der Waals surface area contributed by atoms with Crippen molar-refractivity contribution in [3.05, 3.63) is 0 Å². The van der Waals surface area contributed by atoms with Crippen LogP contribution in [0.3, 0.4) is 0 Å². The van der Waals surface area contributed by atoms with Crippen LogP contribution in [0, 0.1) is 0 Å². The second kappa shape index (κ2) is 7.23. The molecule has 76 valence electrons. The van der Waals surface area contributed by atoms with Crippen molar-refractivity contribution in [3.63, 3.8) is 0 Å². The molecule has 3 N–H and O–H groups in total. The topological polar surface area (TPSA) is 72.2 Å². The van der Waals surface area contributed by atoms with Gasteiger partial charge in [-0.1, -0.05) is 0 Å². The summed E-state index contributed by atoms with van der Waals surface area (Å²) >= 11 is 7.47. The van der Waals surface area contributed by atoms with E-state index < -0.39 is 6.04 Å². The van der Waals surface area contributed by atoms with Crippen molar-refractivity contribution < 1.29 is 9.59 Å². The van der Waals surface area contributed by atoms with Crippen molar-refractivity contribution in [1.82, 2.24) is 5.32 Å². The van der Waals surface area contributed by atoms with E-state index in [1.807, 2.05) is 0 Å². The van der Waals surface area contributed by atoms with Gasteiger partial charge in [0.05, 0.1) is 6.04 Å². The number of hydrogen-bond acceptors (Lipinski definition) is 4. The number of carbonyl (C=O) groups excluding carboxylic acids is 2. The van der Waals surface area contributed by atoms with Gasteiger partial charge in [-0.25, -0.2) is 0 Å². The van der Waals surface area contributed by atoms with E-state index in [0.29, 0.717) is 25.1 Å². The molecule has 0 aliphatic heterocycles. The lowest BCUT2D eigenvalue weighted by molar-refractivity contribution is -0.122. The molecular formula is C7H14N2O2S2. The zero-order valence-corrected chi connectivity index (χ0v) is 8.98. The Balaban J connectivity index is 3.42. The van der Waals surface area contributed by atoms with Crippen LogP contribution in [0.2, 0.25) is 0 Å². The molecule has 13 heavy (non-hydrogen) atoms. The van der Waals surface area contributed by atoms with Crippen molar-refractivity contribution in [2.45, 2.75) is 18.9 Å². The molecule has 4 nitrogen and oxygen atoms in total. The Labute approximate surface area is 88.5 Å². The standard InChI is InChI=1S/C7H14N2O2S2/c8-5(4-12)7(11)9-3-1-2-6(10)13/h5,12H,1-4,8H2,(H,9,11)(H,10,13)/t5-/m0/s1. The highest BCUT2D eigenvalue weighted by atomic mass is 32.1. The van der Waals surface area contributed by atoms with Gasteiger partial charge in [-0.3, -0.25) is 9.59 Å². The molecular weight excluding hydrogens is 208 g/mol. The molecule has 0 aromatic rings. The first-order chi connectivity index (χ1) is 6.07. The van der Waals surface area contributed by atoms with Crippen LogP contribution in [0.5, 0.6) is 0 Å². The van der Waals surface area contributed by atoms with E-state index in [2.05, 4.69) is 30.6 Å². The molecule has 0 aromatic heterocycles. The Morgan fingerprint density at radius 1 is 1.46 bits per heavy atom. The minimum Gasteiger partial charge on any atom is -0.355 e. The van der Waals surface area contributed by atoms with E-state index in [1.54, 1.807) is 0 Å². The number of amides is 1. The Morgan fingerprint density at radius 3 is 2.54 bits per heavy atom. The summed E-state index contributed by atoms with van der Waals surface area (Å²) in [6, 6.07) is -0.574. The lowest BCUT2D eigenvalue weighted by atomic mass is 10.3. The second-order valence-corrected chi connectivity index (χ2v) is 3.44. The van der Waals surface area contributed by atoms with Crippen LogP contribution in [0.1, 0.15) is 12.8 Å². The molecule has 1 atom stereocenters. The number of hydrogen-bond donors (Lipinski definition) is 4. The number of rotatable bonds is 6. The van der Waals surface area contributed by atoms with Crippen LogP contribution < -0.4 is 11.1 Å². The minimum atomic E-state index is -0.574. The van der Waals surface area contributed by atoms with Crippen molar-refractivity contribution in [3.8, 4) is 0 Å². The molecule has 0 rings (SSSR count). The number of nitrogens with one attached hydrogen (secondary N) is 1. The first-order valence-corrected chi connectivity index (χ1v) is 5.02. The molecule has 0 fully saturated rings. The molecule has 6 heteroatoms. The van der Waals surface area contributed by atoms with E-state index in [0.717, 1.165) is 0 Å². The second-order valence-electron chi connectivity index (χ2n) is 2.58. The normalized spacial score (nSPS) is 12.2. The molecule has 0 radical (unpaired) electrons. The van der Waals surface area contributed by atoms with Gasteiger partial charge in [0.25, 0.3) is 0 Å².